The fraction of sp³-hybridized carbons (Fsp3) is 0.600. The molecule has 0 bridgehead atoms. The summed E-state index contributed by atoms with van der Waals surface area (Å²) in [5.41, 5.74) is 2.10. The van der Waals surface area contributed by atoms with E-state index in [1.165, 1.54) is 12.8 Å². The molecule has 1 aromatic heterocycles. The number of H-pyrrole nitrogens is 1. The van der Waals surface area contributed by atoms with Crippen molar-refractivity contribution >= 4 is 5.97 Å². The molecule has 0 amide bonds. The van der Waals surface area contributed by atoms with Crippen LogP contribution in [0, 0.1) is 0 Å². The number of nitrogens with one attached hydrogen (secondary N) is 1. The Morgan fingerprint density at radius 1 is 1.53 bits per heavy atom. The van der Waals surface area contributed by atoms with Crippen LogP contribution in [-0.4, -0.2) is 38.8 Å². The van der Waals surface area contributed by atoms with Gasteiger partial charge in [-0.3, -0.25) is 10.00 Å². The monoisotopic (exact) mass is 207 g/mol. The van der Waals surface area contributed by atoms with Crippen LogP contribution in [0.3, 0.4) is 0 Å². The van der Waals surface area contributed by atoms with Crippen molar-refractivity contribution in [2.24, 2.45) is 0 Å². The summed E-state index contributed by atoms with van der Waals surface area (Å²) in [6.07, 6.45) is 3.38. The zero-order valence-electron chi connectivity index (χ0n) is 8.36. The largest absolute Gasteiger partial charge is 0.476 e. The summed E-state index contributed by atoms with van der Waals surface area (Å²) in [7, 11) is 0. The molecule has 0 aromatic carbocycles. The van der Waals surface area contributed by atoms with E-state index in [1.807, 2.05) is 0 Å². The summed E-state index contributed by atoms with van der Waals surface area (Å²) in [6.45, 7) is 1.80. The molecule has 0 atom stereocenters. The summed E-state index contributed by atoms with van der Waals surface area (Å²) < 4.78 is 0. The summed E-state index contributed by atoms with van der Waals surface area (Å²) in [5, 5.41) is 15.6. The highest BCUT2D eigenvalue weighted by molar-refractivity contribution is 5.87. The molecule has 1 aromatic rings. The number of hydrogen-bond donors (Lipinski definition) is 2. The molecule has 5 heteroatoms. The lowest BCUT2D eigenvalue weighted by Crippen LogP contribution is -2.32. The Hall–Kier alpha value is -1.36. The average Bonchev–Trinajstić information content (AvgIpc) is 2.97. The topological polar surface area (TPSA) is 69.2 Å². The van der Waals surface area contributed by atoms with E-state index in [4.69, 9.17) is 5.11 Å². The van der Waals surface area contributed by atoms with E-state index in [-0.39, 0.29) is 5.69 Å². The Morgan fingerprint density at radius 2 is 2.33 bits per heavy atom. The molecule has 80 valence electrons. The van der Waals surface area contributed by atoms with Gasteiger partial charge in [-0.05, 0) is 19.3 Å². The van der Waals surface area contributed by atoms with Crippen molar-refractivity contribution in [1.82, 2.24) is 15.1 Å². The maximum Gasteiger partial charge on any atom is 0.356 e. The van der Waals surface area contributed by atoms with Gasteiger partial charge in [-0.1, -0.05) is 0 Å². The quantitative estimate of drug-likeness (QED) is 0.746. The predicted octanol–water partition coefficient (Wildman–Crippen LogP) is 0.628. The Kier molecular flexibility index (Phi) is 1.82. The number of aromatic nitrogens is 2. The molecule has 2 heterocycles. The number of hydrogen-bond acceptors (Lipinski definition) is 3. The Bertz CT molecular complexity index is 409. The van der Waals surface area contributed by atoms with Crippen molar-refractivity contribution in [3.63, 3.8) is 0 Å². The normalized spacial score (nSPS) is 21.3. The van der Waals surface area contributed by atoms with Crippen LogP contribution >= 0.6 is 0 Å². The number of carboxylic acid groups (broad SMARTS) is 1. The molecule has 0 saturated heterocycles. The fourth-order valence-corrected chi connectivity index (χ4v) is 2.27. The van der Waals surface area contributed by atoms with Gasteiger partial charge in [-0.15, -0.1) is 0 Å². The summed E-state index contributed by atoms with van der Waals surface area (Å²) in [4.78, 5) is 13.3. The van der Waals surface area contributed by atoms with Crippen molar-refractivity contribution < 1.29 is 9.90 Å². The number of fused-ring (bicyclic) bond motifs is 1. The maximum atomic E-state index is 10.9. The van der Waals surface area contributed by atoms with E-state index in [1.54, 1.807) is 0 Å². The van der Waals surface area contributed by atoms with E-state index in [9.17, 15) is 4.79 Å². The van der Waals surface area contributed by atoms with Crippen molar-refractivity contribution in [2.45, 2.75) is 31.8 Å². The third kappa shape index (κ3) is 1.43. The first kappa shape index (κ1) is 8.91. The van der Waals surface area contributed by atoms with Gasteiger partial charge in [0.15, 0.2) is 5.69 Å². The molecule has 2 N–H and O–H groups in total. The van der Waals surface area contributed by atoms with E-state index < -0.39 is 5.97 Å². The Balaban J connectivity index is 1.87. The minimum atomic E-state index is -0.924. The summed E-state index contributed by atoms with van der Waals surface area (Å²) >= 11 is 0. The molecular formula is C10H13N3O2. The Morgan fingerprint density at radius 3 is 3.00 bits per heavy atom. The first-order valence-corrected chi connectivity index (χ1v) is 5.29. The first-order valence-electron chi connectivity index (χ1n) is 5.29. The molecule has 15 heavy (non-hydrogen) atoms. The van der Waals surface area contributed by atoms with Gasteiger partial charge < -0.3 is 5.11 Å². The summed E-state index contributed by atoms with van der Waals surface area (Å²) in [6, 6.07) is 0.731. The van der Waals surface area contributed by atoms with E-state index in [2.05, 4.69) is 15.1 Å². The predicted molar refractivity (Wildman–Crippen MR) is 52.7 cm³/mol. The second-order valence-electron chi connectivity index (χ2n) is 4.29. The van der Waals surface area contributed by atoms with Gasteiger partial charge in [0.25, 0.3) is 0 Å². The Labute approximate surface area is 87.1 Å². The SMILES string of the molecule is O=C(O)c1n[nH]c2c1CCN(C1CC1)C2. The van der Waals surface area contributed by atoms with Crippen molar-refractivity contribution in [3.8, 4) is 0 Å². The zero-order valence-corrected chi connectivity index (χ0v) is 8.36. The van der Waals surface area contributed by atoms with Crippen LogP contribution in [-0.2, 0) is 13.0 Å². The average molecular weight is 207 g/mol. The summed E-state index contributed by atoms with van der Waals surface area (Å²) in [5.74, 6) is -0.924. The number of aromatic amines is 1. The van der Waals surface area contributed by atoms with E-state index in [0.29, 0.717) is 0 Å². The zero-order chi connectivity index (χ0) is 10.4. The van der Waals surface area contributed by atoms with Gasteiger partial charge in [0.05, 0.1) is 5.69 Å². The fourth-order valence-electron chi connectivity index (χ4n) is 2.27. The van der Waals surface area contributed by atoms with Crippen molar-refractivity contribution in [2.75, 3.05) is 6.54 Å². The molecular weight excluding hydrogens is 194 g/mol. The maximum absolute atomic E-state index is 10.9. The van der Waals surface area contributed by atoms with Crippen LogP contribution in [0.15, 0.2) is 0 Å². The smallest absolute Gasteiger partial charge is 0.356 e. The molecule has 0 unspecified atom stereocenters. The van der Waals surface area contributed by atoms with Gasteiger partial charge in [0, 0.05) is 24.7 Å². The number of nitrogens with zero attached hydrogens (tertiary/aromatic N) is 2. The highest BCUT2D eigenvalue weighted by Gasteiger charge is 2.33. The highest BCUT2D eigenvalue weighted by Crippen LogP contribution is 2.31. The molecule has 1 fully saturated rings. The van der Waals surface area contributed by atoms with Gasteiger partial charge >= 0.3 is 5.97 Å². The van der Waals surface area contributed by atoms with E-state index >= 15 is 0 Å². The second-order valence-corrected chi connectivity index (χ2v) is 4.29. The highest BCUT2D eigenvalue weighted by atomic mass is 16.4. The van der Waals surface area contributed by atoms with Gasteiger partial charge in [-0.25, -0.2) is 4.79 Å². The van der Waals surface area contributed by atoms with Gasteiger partial charge in [0.2, 0.25) is 0 Å². The molecule has 0 radical (unpaired) electrons. The molecule has 1 saturated carbocycles. The minimum absolute atomic E-state index is 0.209. The molecule has 2 aliphatic rings. The van der Waals surface area contributed by atoms with Crippen molar-refractivity contribution in [3.05, 3.63) is 17.0 Å². The van der Waals surface area contributed by atoms with Crippen LogP contribution in [0.4, 0.5) is 0 Å². The lowest BCUT2D eigenvalue weighted by atomic mass is 10.0. The van der Waals surface area contributed by atoms with Gasteiger partial charge in [0.1, 0.15) is 0 Å². The van der Waals surface area contributed by atoms with Crippen molar-refractivity contribution in [1.29, 1.82) is 0 Å². The van der Waals surface area contributed by atoms with E-state index in [0.717, 1.165) is 36.8 Å². The molecule has 3 rings (SSSR count). The van der Waals surface area contributed by atoms with Crippen LogP contribution in [0.25, 0.3) is 0 Å². The van der Waals surface area contributed by atoms with Crippen LogP contribution < -0.4 is 0 Å². The number of carbonyl (C=O) groups is 1. The van der Waals surface area contributed by atoms with Crippen LogP contribution in [0.5, 0.6) is 0 Å². The number of aromatic carboxylic acids is 1. The van der Waals surface area contributed by atoms with Gasteiger partial charge in [-0.2, -0.15) is 5.10 Å². The first-order chi connectivity index (χ1) is 7.25. The standard InChI is InChI=1S/C10H13N3O2/c14-10(15)9-7-3-4-13(6-1-2-6)5-8(7)11-12-9/h6H,1-5H2,(H,11,12)(H,14,15). The third-order valence-corrected chi connectivity index (χ3v) is 3.23. The molecule has 0 spiro atoms. The molecule has 1 aliphatic heterocycles. The van der Waals surface area contributed by atoms with Crippen LogP contribution in [0.2, 0.25) is 0 Å². The lowest BCUT2D eigenvalue weighted by Gasteiger charge is -2.26. The number of rotatable bonds is 2. The van der Waals surface area contributed by atoms with Crippen LogP contribution in [0.1, 0.15) is 34.6 Å². The molecule has 1 aliphatic carbocycles. The molecule has 5 nitrogen and oxygen atoms in total. The second kappa shape index (κ2) is 3.06. The number of carboxylic acids is 1. The third-order valence-electron chi connectivity index (χ3n) is 3.23. The lowest BCUT2D eigenvalue weighted by molar-refractivity contribution is 0.0688. The minimum Gasteiger partial charge on any atom is -0.476 e.